The van der Waals surface area contributed by atoms with Gasteiger partial charge in [-0.05, 0) is 37.1 Å². The Morgan fingerprint density at radius 1 is 1.53 bits per heavy atom. The number of alkyl halides is 1. The minimum absolute atomic E-state index is 0.0538. The number of phenolic OH excluding ortho intramolecular Hbond substituents is 1. The smallest absolute Gasteiger partial charge is 0.341 e. The number of benzene rings is 1. The molecule has 2 rings (SSSR count). The number of methoxy groups -OCH3 is 1. The molecule has 1 N–H and O–H groups in total. The second kappa shape index (κ2) is 6.02. The van der Waals surface area contributed by atoms with Gasteiger partial charge < -0.3 is 9.84 Å². The van der Waals surface area contributed by atoms with Gasteiger partial charge in [0.1, 0.15) is 5.75 Å². The monoisotopic (exact) mass is 267 g/mol. The van der Waals surface area contributed by atoms with Gasteiger partial charge in [-0.3, -0.25) is 4.90 Å². The Morgan fingerprint density at radius 2 is 2.21 bits per heavy atom. The predicted octanol–water partition coefficient (Wildman–Crippen LogP) is 2.04. The number of rotatable bonds is 4. The number of phenols is 1. The molecule has 0 bridgehead atoms. The van der Waals surface area contributed by atoms with Crippen molar-refractivity contribution in [3.05, 3.63) is 29.8 Å². The number of carbonyl (C=O) groups is 1. The van der Waals surface area contributed by atoms with Gasteiger partial charge in [-0.15, -0.1) is 0 Å². The lowest BCUT2D eigenvalue weighted by molar-refractivity contribution is -0.147. The molecule has 1 aliphatic heterocycles. The van der Waals surface area contributed by atoms with Crippen molar-refractivity contribution in [3.8, 4) is 5.75 Å². The lowest BCUT2D eigenvalue weighted by Crippen LogP contribution is -2.34. The zero-order valence-corrected chi connectivity index (χ0v) is 10.9. The van der Waals surface area contributed by atoms with Crippen LogP contribution in [0, 0.1) is 0 Å². The van der Waals surface area contributed by atoms with Crippen LogP contribution >= 0.6 is 0 Å². The molecular weight excluding hydrogens is 249 g/mol. The molecule has 0 spiro atoms. The quantitative estimate of drug-likeness (QED) is 0.848. The van der Waals surface area contributed by atoms with Crippen molar-refractivity contribution in [3.63, 3.8) is 0 Å². The molecule has 0 aliphatic carbocycles. The summed E-state index contributed by atoms with van der Waals surface area (Å²) in [6.07, 6.45) is 0.292. The van der Waals surface area contributed by atoms with E-state index in [4.69, 9.17) is 0 Å². The maximum Gasteiger partial charge on any atom is 0.341 e. The predicted molar refractivity (Wildman–Crippen MR) is 68.6 cm³/mol. The van der Waals surface area contributed by atoms with Gasteiger partial charge in [0.05, 0.1) is 7.11 Å². The molecule has 1 aromatic carbocycles. The fourth-order valence-electron chi connectivity index (χ4n) is 2.53. The van der Waals surface area contributed by atoms with Crippen molar-refractivity contribution >= 4 is 5.97 Å². The van der Waals surface area contributed by atoms with Gasteiger partial charge in [-0.2, -0.15) is 0 Å². The summed E-state index contributed by atoms with van der Waals surface area (Å²) in [5.41, 5.74) is 1.03. The van der Waals surface area contributed by atoms with Crippen molar-refractivity contribution in [1.29, 1.82) is 0 Å². The first-order chi connectivity index (χ1) is 9.11. The second-order valence-electron chi connectivity index (χ2n) is 4.74. The van der Waals surface area contributed by atoms with Gasteiger partial charge in [-0.1, -0.05) is 12.1 Å². The van der Waals surface area contributed by atoms with Crippen LogP contribution in [0.2, 0.25) is 0 Å². The van der Waals surface area contributed by atoms with E-state index < -0.39 is 12.1 Å². The fraction of sp³-hybridized carbons (Fsp3) is 0.500. The van der Waals surface area contributed by atoms with Gasteiger partial charge in [0.2, 0.25) is 6.17 Å². The third-order valence-corrected chi connectivity index (χ3v) is 3.49. The normalized spacial score (nSPS) is 21.3. The van der Waals surface area contributed by atoms with Crippen molar-refractivity contribution in [2.24, 2.45) is 0 Å². The number of likely N-dealkylation sites (tertiary alicyclic amines) is 1. The molecular formula is C14H18FNO3. The molecule has 1 aromatic rings. The third kappa shape index (κ3) is 3.23. The van der Waals surface area contributed by atoms with Gasteiger partial charge in [0.15, 0.2) is 0 Å². The SMILES string of the molecule is COC(=O)C(F)CN1CCCC1c1ccc(O)cc1. The molecule has 2 atom stereocenters. The molecule has 1 saturated heterocycles. The number of halogens is 1. The molecule has 2 unspecified atom stereocenters. The zero-order chi connectivity index (χ0) is 13.8. The highest BCUT2D eigenvalue weighted by Crippen LogP contribution is 2.32. The average Bonchev–Trinajstić information content (AvgIpc) is 2.86. The van der Waals surface area contributed by atoms with E-state index in [9.17, 15) is 14.3 Å². The summed E-state index contributed by atoms with van der Waals surface area (Å²) < 4.78 is 18.1. The molecule has 0 amide bonds. The Balaban J connectivity index is 2.04. The van der Waals surface area contributed by atoms with Gasteiger partial charge in [0, 0.05) is 12.6 Å². The van der Waals surface area contributed by atoms with Crippen LogP contribution in [0.25, 0.3) is 0 Å². The lowest BCUT2D eigenvalue weighted by atomic mass is 10.0. The Morgan fingerprint density at radius 3 is 2.84 bits per heavy atom. The molecule has 19 heavy (non-hydrogen) atoms. The number of nitrogens with zero attached hydrogens (tertiary/aromatic N) is 1. The van der Waals surface area contributed by atoms with Gasteiger partial charge in [0.25, 0.3) is 0 Å². The minimum atomic E-state index is -1.61. The summed E-state index contributed by atoms with van der Waals surface area (Å²) in [7, 11) is 1.19. The molecule has 1 fully saturated rings. The molecule has 4 nitrogen and oxygen atoms in total. The van der Waals surface area contributed by atoms with Crippen molar-refractivity contribution in [2.75, 3.05) is 20.2 Å². The van der Waals surface area contributed by atoms with Crippen LogP contribution in [0.3, 0.4) is 0 Å². The Kier molecular flexibility index (Phi) is 4.37. The van der Waals surface area contributed by atoms with Gasteiger partial charge in [-0.25, -0.2) is 9.18 Å². The molecule has 104 valence electrons. The molecule has 0 radical (unpaired) electrons. The summed E-state index contributed by atoms with van der Waals surface area (Å²) in [6.45, 7) is 0.821. The lowest BCUT2D eigenvalue weighted by Gasteiger charge is -2.25. The zero-order valence-electron chi connectivity index (χ0n) is 10.9. The van der Waals surface area contributed by atoms with E-state index in [0.717, 1.165) is 24.9 Å². The van der Waals surface area contributed by atoms with E-state index in [1.54, 1.807) is 12.1 Å². The highest BCUT2D eigenvalue weighted by Gasteiger charge is 2.30. The van der Waals surface area contributed by atoms with Crippen molar-refractivity contribution in [1.82, 2.24) is 4.90 Å². The summed E-state index contributed by atoms with van der Waals surface area (Å²) >= 11 is 0. The number of hydrogen-bond acceptors (Lipinski definition) is 4. The Hall–Kier alpha value is -1.62. The number of ether oxygens (including phenoxy) is 1. The molecule has 1 aliphatic rings. The van der Waals surface area contributed by atoms with Crippen LogP contribution in [0.5, 0.6) is 5.75 Å². The number of carbonyl (C=O) groups excluding carboxylic acids is 1. The third-order valence-electron chi connectivity index (χ3n) is 3.49. The van der Waals surface area contributed by atoms with Crippen LogP contribution in [-0.4, -0.2) is 42.3 Å². The minimum Gasteiger partial charge on any atom is -0.508 e. The van der Waals surface area contributed by atoms with Crippen LogP contribution in [0.1, 0.15) is 24.4 Å². The Bertz CT molecular complexity index is 435. The first kappa shape index (κ1) is 13.8. The molecule has 0 aromatic heterocycles. The van der Waals surface area contributed by atoms with Gasteiger partial charge >= 0.3 is 5.97 Å². The molecule has 5 heteroatoms. The first-order valence-corrected chi connectivity index (χ1v) is 6.36. The maximum atomic E-state index is 13.6. The maximum absolute atomic E-state index is 13.6. The van der Waals surface area contributed by atoms with E-state index in [1.807, 2.05) is 17.0 Å². The van der Waals surface area contributed by atoms with E-state index in [-0.39, 0.29) is 18.3 Å². The van der Waals surface area contributed by atoms with Crippen LogP contribution in [0.15, 0.2) is 24.3 Å². The summed E-state index contributed by atoms with van der Waals surface area (Å²) in [4.78, 5) is 13.1. The number of aromatic hydroxyl groups is 1. The summed E-state index contributed by atoms with van der Waals surface area (Å²) in [5.74, 6) is -0.609. The van der Waals surface area contributed by atoms with Crippen LogP contribution in [0.4, 0.5) is 4.39 Å². The summed E-state index contributed by atoms with van der Waals surface area (Å²) in [6, 6.07) is 7.02. The Labute approximate surface area is 111 Å². The van der Waals surface area contributed by atoms with E-state index in [1.165, 1.54) is 7.11 Å². The second-order valence-corrected chi connectivity index (χ2v) is 4.74. The van der Waals surface area contributed by atoms with Crippen molar-refractivity contribution < 1.29 is 19.0 Å². The first-order valence-electron chi connectivity index (χ1n) is 6.36. The standard InChI is InChI=1S/C14H18FNO3/c1-19-14(18)12(15)9-16-8-2-3-13(16)10-4-6-11(17)7-5-10/h4-7,12-13,17H,2-3,8-9H2,1H3. The van der Waals surface area contributed by atoms with E-state index in [0.29, 0.717) is 0 Å². The average molecular weight is 267 g/mol. The topological polar surface area (TPSA) is 49.8 Å². The molecule has 1 heterocycles. The van der Waals surface area contributed by atoms with Crippen LogP contribution < -0.4 is 0 Å². The summed E-state index contributed by atoms with van der Waals surface area (Å²) in [5, 5.41) is 9.28. The highest BCUT2D eigenvalue weighted by molar-refractivity contribution is 5.74. The number of hydrogen-bond donors (Lipinski definition) is 1. The van der Waals surface area contributed by atoms with Crippen LogP contribution in [-0.2, 0) is 9.53 Å². The highest BCUT2D eigenvalue weighted by atomic mass is 19.1. The van der Waals surface area contributed by atoms with Crippen molar-refractivity contribution in [2.45, 2.75) is 25.1 Å². The van der Waals surface area contributed by atoms with E-state index in [2.05, 4.69) is 4.74 Å². The fourth-order valence-corrected chi connectivity index (χ4v) is 2.53. The number of esters is 1. The van der Waals surface area contributed by atoms with E-state index >= 15 is 0 Å². The molecule has 0 saturated carbocycles. The largest absolute Gasteiger partial charge is 0.508 e.